The molecular weight excluding hydrogens is 1090 g/mol. The molecule has 0 spiro atoms. The summed E-state index contributed by atoms with van der Waals surface area (Å²) in [5, 5.41) is 29.8. The molecule has 1 aliphatic carbocycles. The van der Waals surface area contributed by atoms with E-state index in [1.807, 2.05) is 36.4 Å². The molecule has 0 saturated heterocycles. The van der Waals surface area contributed by atoms with Crippen LogP contribution >= 0.6 is 0 Å². The first-order chi connectivity index (χ1) is 40.5. The van der Waals surface area contributed by atoms with Gasteiger partial charge < -0.3 is 29.2 Å². The molecule has 9 rings (SSSR count). The molecule has 0 radical (unpaired) electrons. The average Bonchev–Trinajstić information content (AvgIpc) is 0.734. The predicted octanol–water partition coefficient (Wildman–Crippen LogP) is 18.2. The molecule has 2 atom stereocenters. The van der Waals surface area contributed by atoms with E-state index in [2.05, 4.69) is 189 Å². The first-order valence-corrected chi connectivity index (χ1v) is 31.5. The number of nitrogens with zero attached hydrogens (tertiary/aromatic N) is 2. The van der Waals surface area contributed by atoms with E-state index in [1.54, 1.807) is 12.4 Å². The van der Waals surface area contributed by atoms with E-state index in [1.165, 1.54) is 14.2 Å². The van der Waals surface area contributed by atoms with E-state index in [4.69, 9.17) is 28.9 Å². The van der Waals surface area contributed by atoms with Gasteiger partial charge in [0, 0.05) is 56.6 Å². The Balaban J connectivity index is 1.15. The second-order valence-electron chi connectivity index (χ2n) is 32.4. The predicted molar refractivity (Wildman–Crippen MR) is 356 cm³/mol. The summed E-state index contributed by atoms with van der Waals surface area (Å²) in [4.78, 5) is 38.0. The largest absolute Gasteiger partial charge is 0.872 e. The zero-order valence-corrected chi connectivity index (χ0v) is 57.2. The lowest BCUT2D eigenvalue weighted by molar-refractivity contribution is -0.270. The van der Waals surface area contributed by atoms with Crippen LogP contribution in [0.15, 0.2) is 82.8 Å². The van der Waals surface area contributed by atoms with Gasteiger partial charge >= 0.3 is 11.9 Å². The van der Waals surface area contributed by atoms with Crippen LogP contribution < -0.4 is 19.7 Å². The Labute approximate surface area is 525 Å². The Hall–Kier alpha value is -7.20. The molecule has 10 nitrogen and oxygen atoms in total. The molecule has 88 heavy (non-hydrogen) atoms. The highest BCUT2D eigenvalue weighted by molar-refractivity contribution is 5.97. The molecule has 6 aromatic rings. The molecule has 468 valence electrons. The van der Waals surface area contributed by atoms with Crippen molar-refractivity contribution >= 4 is 24.4 Å². The third-order valence-electron chi connectivity index (χ3n) is 18.7. The molecule has 0 bridgehead atoms. The van der Waals surface area contributed by atoms with E-state index in [-0.39, 0.29) is 45.2 Å². The number of carbonyl (C=O) groups excluding carboxylic acids is 2. The third kappa shape index (κ3) is 12.2. The zero-order valence-electron chi connectivity index (χ0n) is 57.2. The topological polar surface area (TPSA) is 142 Å². The second-order valence-corrected chi connectivity index (χ2v) is 32.4. The number of rotatable bonds is 8. The fraction of sp³-hybridized carbons (Fsp3) is 0.487. The van der Waals surface area contributed by atoms with Crippen molar-refractivity contribution in [3.63, 3.8) is 0 Å². The summed E-state index contributed by atoms with van der Waals surface area (Å²) in [5.41, 5.74) is 10.8. The molecule has 1 saturated carbocycles. The van der Waals surface area contributed by atoms with Gasteiger partial charge in [-0.2, -0.15) is 0 Å². The van der Waals surface area contributed by atoms with Gasteiger partial charge in [-0.3, -0.25) is 9.98 Å². The molecule has 2 aliphatic heterocycles. The van der Waals surface area contributed by atoms with Crippen molar-refractivity contribution < 1.29 is 38.7 Å². The minimum absolute atomic E-state index is 0.0988. The van der Waals surface area contributed by atoms with Crippen LogP contribution in [-0.2, 0) is 52.8 Å². The lowest BCUT2D eigenvalue weighted by Gasteiger charge is -2.39. The lowest BCUT2D eigenvalue weighted by atomic mass is 9.70. The van der Waals surface area contributed by atoms with Gasteiger partial charge in [0.2, 0.25) is 0 Å². The van der Waals surface area contributed by atoms with Gasteiger partial charge in [-0.15, -0.1) is 0 Å². The highest BCUT2D eigenvalue weighted by Gasteiger charge is 2.43. The van der Waals surface area contributed by atoms with Gasteiger partial charge in [0.15, 0.2) is 0 Å². The molecule has 3 aliphatic rings. The van der Waals surface area contributed by atoms with E-state index in [0.29, 0.717) is 56.4 Å². The van der Waals surface area contributed by atoms with Crippen LogP contribution in [0, 0.1) is 0 Å². The summed E-state index contributed by atoms with van der Waals surface area (Å²) in [6, 6.07) is 24.4. The number of aliphatic imine (C=N–C) groups is 2. The minimum atomic E-state index is -0.610. The fourth-order valence-corrected chi connectivity index (χ4v) is 12.7. The quantitative estimate of drug-likeness (QED) is 0.108. The summed E-state index contributed by atoms with van der Waals surface area (Å²) >= 11 is 0. The Morgan fingerprint density at radius 2 is 0.739 bits per heavy atom. The Morgan fingerprint density at radius 3 is 1.02 bits per heavy atom. The SMILES string of the molecule is COC(=O)c1cc(C(C)(C)C)cc2c1Oc1c(-c3cc(C=N[C@H]4CCCC[C@@H]4N=Cc4cc(-c5cc(C(C)(C)C)cc6c5Oc5c(C(=O)OC)cc(C(C)(C)C)cc5C6(C)C)cc(C(C)(C)C)c4[O-])c([O-])c(C(C)(C)C)c3)cc(C(C)(C)C)cc1C2(C)C. The number of esters is 2. The maximum atomic E-state index is 14.9. The van der Waals surface area contributed by atoms with E-state index >= 15 is 0 Å². The van der Waals surface area contributed by atoms with Crippen molar-refractivity contribution in [1.29, 1.82) is 0 Å². The maximum Gasteiger partial charge on any atom is 0.341 e. The number of benzene rings is 6. The summed E-state index contributed by atoms with van der Waals surface area (Å²) in [5.74, 6) is 1.06. The molecule has 6 aromatic carbocycles. The van der Waals surface area contributed by atoms with Crippen molar-refractivity contribution in [3.8, 4) is 56.8 Å². The van der Waals surface area contributed by atoms with Gasteiger partial charge in [0.1, 0.15) is 34.1 Å². The van der Waals surface area contributed by atoms with Gasteiger partial charge in [-0.05, 0) is 137 Å². The van der Waals surface area contributed by atoms with Gasteiger partial charge in [0.05, 0.1) is 26.3 Å². The van der Waals surface area contributed by atoms with Crippen LogP contribution in [0.2, 0.25) is 0 Å². The van der Waals surface area contributed by atoms with Crippen LogP contribution in [0.5, 0.6) is 34.5 Å². The van der Waals surface area contributed by atoms with Gasteiger partial charge in [-0.25, -0.2) is 9.59 Å². The van der Waals surface area contributed by atoms with Crippen LogP contribution in [0.4, 0.5) is 0 Å². The number of ether oxygens (including phenoxy) is 4. The molecule has 1 fully saturated rings. The number of methoxy groups -OCH3 is 2. The number of hydrogen-bond donors (Lipinski definition) is 0. The van der Waals surface area contributed by atoms with E-state index < -0.39 is 33.6 Å². The molecule has 2 heterocycles. The summed E-state index contributed by atoms with van der Waals surface area (Å²) in [6.45, 7) is 47.2. The first-order valence-electron chi connectivity index (χ1n) is 31.5. The van der Waals surface area contributed by atoms with Crippen LogP contribution in [0.3, 0.4) is 0 Å². The van der Waals surface area contributed by atoms with E-state index in [0.717, 1.165) is 92.4 Å². The lowest BCUT2D eigenvalue weighted by Crippen LogP contribution is -2.28. The molecule has 0 N–H and O–H groups in total. The third-order valence-corrected chi connectivity index (χ3v) is 18.7. The summed E-state index contributed by atoms with van der Waals surface area (Å²) in [6.07, 6.45) is 6.89. The zero-order chi connectivity index (χ0) is 65.1. The number of fused-ring (bicyclic) bond motifs is 4. The Kier molecular flexibility index (Phi) is 16.6. The van der Waals surface area contributed by atoms with Crippen molar-refractivity contribution in [2.75, 3.05) is 14.2 Å². The first kappa shape index (κ1) is 65.3. The normalized spacial score (nSPS) is 17.6. The monoisotopic (exact) mass is 1190 g/mol. The van der Waals surface area contributed by atoms with Crippen LogP contribution in [0.25, 0.3) is 22.3 Å². The Morgan fingerprint density at radius 1 is 0.443 bits per heavy atom. The standard InChI is InChI=1S/C78H98N2O8/c1-71(2,3)47-33-51(65-57(37-47)77(19,20)59-39-49(73(7,8)9)35-53(67(59)87-65)69(83)85-23)43-29-45(63(81)55(31-43)75(13,14)15)41-79-61-27-25-26-28-62(61)80-42-46-30-44(32-56(64(46)82)76(16,17)18)52-34-48(72(4,5)6)38-58-66(52)88-68-54(70(84)86-24)36-50(74(10,11)12)40-60(68)78(58,21)22/h29-42,61-62,81-82H,25-28H2,1-24H3/p-2/t61-,62-/m0/s1. The molecular formula is C78H96N2O8-2. The maximum absolute atomic E-state index is 14.9. The van der Waals surface area contributed by atoms with Crippen molar-refractivity contribution in [2.45, 2.75) is 233 Å². The summed E-state index contributed by atoms with van der Waals surface area (Å²) < 4.78 is 25.0. The smallest absolute Gasteiger partial charge is 0.341 e. The highest BCUT2D eigenvalue weighted by atomic mass is 16.5. The van der Waals surface area contributed by atoms with Crippen LogP contribution in [0.1, 0.15) is 265 Å². The van der Waals surface area contributed by atoms with Crippen molar-refractivity contribution in [2.24, 2.45) is 9.98 Å². The fourth-order valence-electron chi connectivity index (χ4n) is 12.7. The van der Waals surface area contributed by atoms with Crippen LogP contribution in [-0.4, -0.2) is 50.7 Å². The van der Waals surface area contributed by atoms with Gasteiger partial charge in [-0.1, -0.05) is 213 Å². The number of carbonyl (C=O) groups is 2. The molecule has 0 amide bonds. The van der Waals surface area contributed by atoms with Crippen molar-refractivity contribution in [3.05, 3.63) is 151 Å². The molecule has 0 aromatic heterocycles. The molecule has 10 heteroatoms. The highest BCUT2D eigenvalue weighted by Crippen LogP contribution is 2.57. The average molecular weight is 1190 g/mol. The van der Waals surface area contributed by atoms with Crippen molar-refractivity contribution in [1.82, 2.24) is 0 Å². The van der Waals surface area contributed by atoms with E-state index in [9.17, 15) is 19.8 Å². The number of hydrogen-bond acceptors (Lipinski definition) is 10. The Bertz CT molecular complexity index is 3600. The van der Waals surface area contributed by atoms with Gasteiger partial charge in [0.25, 0.3) is 0 Å². The summed E-state index contributed by atoms with van der Waals surface area (Å²) in [7, 11) is 2.80. The molecule has 0 unspecified atom stereocenters. The minimum Gasteiger partial charge on any atom is -0.872 e. The second kappa shape index (κ2) is 22.4.